The standard InChI is InChI=1S/C22H34N2O3/c1-16-7-8-20(14-17(16)2)27-18(3)22(25)24(15-21-6-5-13-26-21)19-9-11-23(4)12-10-19/h7-8,14,18-19,21H,5-6,9-13,15H2,1-4H3/t18-,21+/m0/s1. The number of carbonyl (C=O) groups excluding carboxylic acids is 1. The number of likely N-dealkylation sites (tertiary alicyclic amines) is 1. The van der Waals surface area contributed by atoms with Crippen LogP contribution in [0.3, 0.4) is 0 Å². The Morgan fingerprint density at radius 3 is 2.63 bits per heavy atom. The smallest absolute Gasteiger partial charge is 0.263 e. The molecule has 0 saturated carbocycles. The molecule has 0 bridgehead atoms. The maximum absolute atomic E-state index is 13.3. The van der Waals surface area contributed by atoms with Crippen LogP contribution in [0.5, 0.6) is 5.75 Å². The van der Waals surface area contributed by atoms with Gasteiger partial charge in [0, 0.05) is 19.2 Å². The first-order valence-electron chi connectivity index (χ1n) is 10.3. The number of amides is 1. The topological polar surface area (TPSA) is 42.0 Å². The molecular weight excluding hydrogens is 340 g/mol. The quantitative estimate of drug-likeness (QED) is 0.767. The van der Waals surface area contributed by atoms with Gasteiger partial charge in [0.15, 0.2) is 6.10 Å². The first-order valence-corrected chi connectivity index (χ1v) is 10.3. The molecule has 2 saturated heterocycles. The Balaban J connectivity index is 1.69. The van der Waals surface area contributed by atoms with Crippen LogP contribution in [-0.4, -0.2) is 67.2 Å². The second kappa shape index (κ2) is 9.07. The van der Waals surface area contributed by atoms with Crippen LogP contribution in [0.1, 0.15) is 43.7 Å². The molecule has 150 valence electrons. The molecule has 5 nitrogen and oxygen atoms in total. The van der Waals surface area contributed by atoms with Crippen LogP contribution in [0.25, 0.3) is 0 Å². The fourth-order valence-corrected chi connectivity index (χ4v) is 4.01. The molecular formula is C22H34N2O3. The summed E-state index contributed by atoms with van der Waals surface area (Å²) < 4.78 is 11.9. The van der Waals surface area contributed by atoms with Crippen molar-refractivity contribution in [3.8, 4) is 5.75 Å². The van der Waals surface area contributed by atoms with E-state index in [-0.39, 0.29) is 18.1 Å². The minimum Gasteiger partial charge on any atom is -0.481 e. The molecule has 0 aromatic heterocycles. The Labute approximate surface area is 163 Å². The third-order valence-electron chi connectivity index (χ3n) is 5.98. The molecule has 0 N–H and O–H groups in total. The number of aryl methyl sites for hydroxylation is 2. The number of hydrogen-bond acceptors (Lipinski definition) is 4. The summed E-state index contributed by atoms with van der Waals surface area (Å²) in [7, 11) is 2.15. The molecule has 2 aliphatic heterocycles. The van der Waals surface area contributed by atoms with E-state index in [2.05, 4.69) is 30.7 Å². The van der Waals surface area contributed by atoms with Gasteiger partial charge >= 0.3 is 0 Å². The lowest BCUT2D eigenvalue weighted by atomic mass is 10.0. The van der Waals surface area contributed by atoms with Crippen molar-refractivity contribution >= 4 is 5.91 Å². The molecule has 0 radical (unpaired) electrons. The van der Waals surface area contributed by atoms with Gasteiger partial charge in [-0.25, -0.2) is 0 Å². The van der Waals surface area contributed by atoms with Gasteiger partial charge in [0.2, 0.25) is 0 Å². The summed E-state index contributed by atoms with van der Waals surface area (Å²) >= 11 is 0. The largest absolute Gasteiger partial charge is 0.481 e. The maximum atomic E-state index is 13.3. The first-order chi connectivity index (χ1) is 12.9. The predicted octanol–water partition coefficient (Wildman–Crippen LogP) is 3.17. The Morgan fingerprint density at radius 1 is 1.26 bits per heavy atom. The van der Waals surface area contributed by atoms with Crippen molar-refractivity contribution in [2.24, 2.45) is 0 Å². The highest BCUT2D eigenvalue weighted by Crippen LogP contribution is 2.23. The maximum Gasteiger partial charge on any atom is 0.263 e. The molecule has 2 fully saturated rings. The van der Waals surface area contributed by atoms with Gasteiger partial charge in [-0.05, 0) is 89.9 Å². The summed E-state index contributed by atoms with van der Waals surface area (Å²) in [4.78, 5) is 17.7. The summed E-state index contributed by atoms with van der Waals surface area (Å²) in [5.74, 6) is 0.845. The summed E-state index contributed by atoms with van der Waals surface area (Å²) in [5, 5.41) is 0. The van der Waals surface area contributed by atoms with E-state index in [0.29, 0.717) is 6.54 Å². The molecule has 0 spiro atoms. The minimum absolute atomic E-state index is 0.0817. The highest BCUT2D eigenvalue weighted by atomic mass is 16.5. The summed E-state index contributed by atoms with van der Waals surface area (Å²) in [5.41, 5.74) is 2.41. The fourth-order valence-electron chi connectivity index (χ4n) is 4.01. The molecule has 0 unspecified atom stereocenters. The van der Waals surface area contributed by atoms with Gasteiger partial charge < -0.3 is 19.3 Å². The minimum atomic E-state index is -0.492. The zero-order valence-corrected chi connectivity index (χ0v) is 17.2. The second-order valence-electron chi connectivity index (χ2n) is 8.17. The highest BCUT2D eigenvalue weighted by Gasteiger charge is 2.33. The average molecular weight is 375 g/mol. The molecule has 2 heterocycles. The molecule has 5 heteroatoms. The van der Waals surface area contributed by atoms with Gasteiger partial charge in [0.1, 0.15) is 5.75 Å². The van der Waals surface area contributed by atoms with Crippen LogP contribution in [-0.2, 0) is 9.53 Å². The molecule has 3 rings (SSSR count). The Bertz CT molecular complexity index is 634. The van der Waals surface area contributed by atoms with Crippen molar-refractivity contribution in [3.63, 3.8) is 0 Å². The van der Waals surface area contributed by atoms with Crippen molar-refractivity contribution in [1.29, 1.82) is 0 Å². The third-order valence-corrected chi connectivity index (χ3v) is 5.98. The molecule has 0 aliphatic carbocycles. The molecule has 2 aliphatic rings. The van der Waals surface area contributed by atoms with Crippen molar-refractivity contribution in [1.82, 2.24) is 9.80 Å². The lowest BCUT2D eigenvalue weighted by molar-refractivity contribution is -0.143. The van der Waals surface area contributed by atoms with Gasteiger partial charge in [-0.15, -0.1) is 0 Å². The van der Waals surface area contributed by atoms with Crippen LogP contribution < -0.4 is 4.74 Å². The number of benzene rings is 1. The Kier molecular flexibility index (Phi) is 6.77. The predicted molar refractivity (Wildman–Crippen MR) is 107 cm³/mol. The van der Waals surface area contributed by atoms with E-state index in [1.54, 1.807) is 0 Å². The van der Waals surface area contributed by atoms with Gasteiger partial charge in [0.05, 0.1) is 6.10 Å². The molecule has 2 atom stereocenters. The van der Waals surface area contributed by atoms with E-state index in [1.807, 2.05) is 25.1 Å². The molecule has 1 amide bonds. The van der Waals surface area contributed by atoms with Crippen LogP contribution in [0.4, 0.5) is 0 Å². The van der Waals surface area contributed by atoms with Crippen LogP contribution in [0, 0.1) is 13.8 Å². The molecule has 27 heavy (non-hydrogen) atoms. The summed E-state index contributed by atoms with van der Waals surface area (Å²) in [6.45, 7) is 9.59. The monoisotopic (exact) mass is 374 g/mol. The lowest BCUT2D eigenvalue weighted by Crippen LogP contribution is -2.52. The van der Waals surface area contributed by atoms with Gasteiger partial charge in [0.25, 0.3) is 5.91 Å². The molecule has 1 aromatic rings. The summed E-state index contributed by atoms with van der Waals surface area (Å²) in [6.07, 6.45) is 3.85. The van der Waals surface area contributed by atoms with E-state index >= 15 is 0 Å². The zero-order valence-electron chi connectivity index (χ0n) is 17.2. The van der Waals surface area contributed by atoms with Crippen molar-refractivity contribution in [3.05, 3.63) is 29.3 Å². The van der Waals surface area contributed by atoms with Gasteiger partial charge in [-0.2, -0.15) is 0 Å². The average Bonchev–Trinajstić information content (AvgIpc) is 3.16. The van der Waals surface area contributed by atoms with Crippen molar-refractivity contribution in [2.45, 2.75) is 64.7 Å². The summed E-state index contributed by atoms with van der Waals surface area (Å²) in [6, 6.07) is 6.29. The van der Waals surface area contributed by atoms with Gasteiger partial charge in [-0.3, -0.25) is 4.79 Å². The van der Waals surface area contributed by atoms with E-state index in [0.717, 1.165) is 51.1 Å². The van der Waals surface area contributed by atoms with Crippen LogP contribution in [0.15, 0.2) is 18.2 Å². The van der Waals surface area contributed by atoms with E-state index < -0.39 is 6.10 Å². The Morgan fingerprint density at radius 2 is 2.00 bits per heavy atom. The van der Waals surface area contributed by atoms with E-state index in [1.165, 1.54) is 11.1 Å². The number of piperidine rings is 1. The lowest BCUT2D eigenvalue weighted by Gasteiger charge is -2.39. The SMILES string of the molecule is Cc1ccc(O[C@@H](C)C(=O)N(C[C@H]2CCCO2)C2CCN(C)CC2)cc1C. The zero-order chi connectivity index (χ0) is 19.4. The normalized spacial score (nSPS) is 22.6. The van der Waals surface area contributed by atoms with E-state index in [4.69, 9.17) is 9.47 Å². The molecule has 1 aromatic carbocycles. The first kappa shape index (κ1) is 20.2. The Hall–Kier alpha value is -1.59. The third kappa shape index (κ3) is 5.23. The number of nitrogens with zero attached hydrogens (tertiary/aromatic N) is 2. The number of rotatable bonds is 6. The second-order valence-corrected chi connectivity index (χ2v) is 8.17. The van der Waals surface area contributed by atoms with Crippen LogP contribution in [0.2, 0.25) is 0 Å². The van der Waals surface area contributed by atoms with Crippen molar-refractivity contribution in [2.75, 3.05) is 33.3 Å². The number of carbonyl (C=O) groups is 1. The van der Waals surface area contributed by atoms with Gasteiger partial charge in [-0.1, -0.05) is 6.07 Å². The number of ether oxygens (including phenoxy) is 2. The fraction of sp³-hybridized carbons (Fsp3) is 0.682. The number of hydrogen-bond donors (Lipinski definition) is 0. The van der Waals surface area contributed by atoms with Crippen molar-refractivity contribution < 1.29 is 14.3 Å². The van der Waals surface area contributed by atoms with Crippen LogP contribution >= 0.6 is 0 Å². The highest BCUT2D eigenvalue weighted by molar-refractivity contribution is 5.81. The van der Waals surface area contributed by atoms with E-state index in [9.17, 15) is 4.79 Å².